The maximum Gasteiger partial charge on any atom is 0.234 e. The van der Waals surface area contributed by atoms with Crippen molar-refractivity contribution in [2.75, 3.05) is 52.5 Å². The summed E-state index contributed by atoms with van der Waals surface area (Å²) in [5.74, 6) is 0.132. The van der Waals surface area contributed by atoms with Gasteiger partial charge in [-0.1, -0.05) is 6.92 Å². The summed E-state index contributed by atoms with van der Waals surface area (Å²) in [5, 5.41) is 6.28. The molecule has 1 saturated heterocycles. The van der Waals surface area contributed by atoms with E-state index in [9.17, 15) is 4.79 Å². The molecule has 5 heteroatoms. The Morgan fingerprint density at radius 1 is 1.33 bits per heavy atom. The van der Waals surface area contributed by atoms with E-state index in [1.165, 1.54) is 0 Å². The lowest BCUT2D eigenvalue weighted by Crippen LogP contribution is -2.39. The molecule has 2 N–H and O–H groups in total. The minimum Gasteiger partial charge on any atom is -0.381 e. The first kappa shape index (κ1) is 15.4. The van der Waals surface area contributed by atoms with Gasteiger partial charge in [0.05, 0.1) is 6.54 Å². The van der Waals surface area contributed by atoms with Crippen molar-refractivity contribution in [2.24, 2.45) is 0 Å². The van der Waals surface area contributed by atoms with Crippen molar-refractivity contribution in [3.63, 3.8) is 0 Å². The highest BCUT2D eigenvalue weighted by atomic mass is 16.5. The highest BCUT2D eigenvalue weighted by Crippen LogP contribution is 1.94. The summed E-state index contributed by atoms with van der Waals surface area (Å²) in [6, 6.07) is 0. The zero-order chi connectivity index (χ0) is 13.1. The molecular weight excluding hydrogens is 230 g/mol. The van der Waals surface area contributed by atoms with E-state index >= 15 is 0 Å². The van der Waals surface area contributed by atoms with Gasteiger partial charge >= 0.3 is 0 Å². The normalized spacial score (nSPS) is 17.4. The molecule has 106 valence electrons. The van der Waals surface area contributed by atoms with E-state index in [0.29, 0.717) is 13.1 Å². The lowest BCUT2D eigenvalue weighted by molar-refractivity contribution is -0.122. The van der Waals surface area contributed by atoms with Gasteiger partial charge in [0.2, 0.25) is 5.91 Å². The largest absolute Gasteiger partial charge is 0.381 e. The van der Waals surface area contributed by atoms with Crippen LogP contribution in [0.3, 0.4) is 0 Å². The lowest BCUT2D eigenvalue weighted by atomic mass is 10.3. The van der Waals surface area contributed by atoms with Gasteiger partial charge in [-0.2, -0.15) is 0 Å². The summed E-state index contributed by atoms with van der Waals surface area (Å²) in [4.78, 5) is 13.9. The minimum absolute atomic E-state index is 0.132. The Morgan fingerprint density at radius 2 is 2.22 bits per heavy atom. The second-order valence-corrected chi connectivity index (χ2v) is 4.70. The summed E-state index contributed by atoms with van der Waals surface area (Å²) in [5.41, 5.74) is 0. The standard InChI is InChI=1S/C13H27N3O2/c1-2-10-18-11-4-6-15-13(17)12-16-8-3-5-14-7-9-16/h14H,2-12H2,1H3,(H,15,17). The molecule has 1 heterocycles. The van der Waals surface area contributed by atoms with Crippen molar-refractivity contribution in [2.45, 2.75) is 26.2 Å². The van der Waals surface area contributed by atoms with Crippen LogP contribution in [0.1, 0.15) is 26.2 Å². The molecule has 0 radical (unpaired) electrons. The van der Waals surface area contributed by atoms with Crippen molar-refractivity contribution in [1.82, 2.24) is 15.5 Å². The van der Waals surface area contributed by atoms with Gasteiger partial charge in [0, 0.05) is 32.8 Å². The van der Waals surface area contributed by atoms with Gasteiger partial charge in [-0.05, 0) is 32.4 Å². The molecule has 5 nitrogen and oxygen atoms in total. The zero-order valence-electron chi connectivity index (χ0n) is 11.5. The molecule has 1 fully saturated rings. The van der Waals surface area contributed by atoms with Crippen LogP contribution in [-0.2, 0) is 9.53 Å². The number of hydrogen-bond acceptors (Lipinski definition) is 4. The lowest BCUT2D eigenvalue weighted by Gasteiger charge is -2.18. The molecule has 0 spiro atoms. The van der Waals surface area contributed by atoms with Crippen LogP contribution in [0, 0.1) is 0 Å². The smallest absolute Gasteiger partial charge is 0.234 e. The van der Waals surface area contributed by atoms with Gasteiger partial charge in [-0.3, -0.25) is 9.69 Å². The Balaban J connectivity index is 1.98. The maximum absolute atomic E-state index is 11.7. The fourth-order valence-electron chi connectivity index (χ4n) is 1.97. The molecule has 1 amide bonds. The Labute approximate surface area is 110 Å². The van der Waals surface area contributed by atoms with Crippen LogP contribution < -0.4 is 10.6 Å². The van der Waals surface area contributed by atoms with Crippen molar-refractivity contribution in [3.8, 4) is 0 Å². The minimum atomic E-state index is 0.132. The Hall–Kier alpha value is -0.650. The van der Waals surface area contributed by atoms with E-state index in [-0.39, 0.29) is 5.91 Å². The van der Waals surface area contributed by atoms with E-state index in [1.807, 2.05) is 0 Å². The number of nitrogens with one attached hydrogen (secondary N) is 2. The number of hydrogen-bond donors (Lipinski definition) is 2. The van der Waals surface area contributed by atoms with Crippen LogP contribution in [0.15, 0.2) is 0 Å². The summed E-state index contributed by atoms with van der Waals surface area (Å²) >= 11 is 0. The molecule has 1 aliphatic heterocycles. The maximum atomic E-state index is 11.7. The van der Waals surface area contributed by atoms with E-state index < -0.39 is 0 Å². The molecule has 0 atom stereocenters. The second kappa shape index (κ2) is 10.3. The molecule has 0 saturated carbocycles. The summed E-state index contributed by atoms with van der Waals surface area (Å²) < 4.78 is 5.36. The second-order valence-electron chi connectivity index (χ2n) is 4.70. The third kappa shape index (κ3) is 7.63. The van der Waals surface area contributed by atoms with Crippen LogP contribution in [0.2, 0.25) is 0 Å². The van der Waals surface area contributed by atoms with Crippen LogP contribution in [0.4, 0.5) is 0 Å². The van der Waals surface area contributed by atoms with Crippen molar-refractivity contribution in [1.29, 1.82) is 0 Å². The number of ether oxygens (including phenoxy) is 1. The van der Waals surface area contributed by atoms with Gasteiger partial charge in [-0.25, -0.2) is 0 Å². The topological polar surface area (TPSA) is 53.6 Å². The first-order chi connectivity index (χ1) is 8.83. The molecule has 0 aromatic heterocycles. The molecule has 0 aromatic carbocycles. The molecule has 0 bridgehead atoms. The molecule has 1 aliphatic rings. The van der Waals surface area contributed by atoms with Crippen molar-refractivity contribution in [3.05, 3.63) is 0 Å². The summed E-state index contributed by atoms with van der Waals surface area (Å²) in [6.07, 6.45) is 3.07. The van der Waals surface area contributed by atoms with Crippen molar-refractivity contribution >= 4 is 5.91 Å². The predicted molar refractivity (Wildman–Crippen MR) is 72.7 cm³/mol. The fraction of sp³-hybridized carbons (Fsp3) is 0.923. The molecule has 18 heavy (non-hydrogen) atoms. The number of amides is 1. The van der Waals surface area contributed by atoms with E-state index in [0.717, 1.165) is 58.7 Å². The van der Waals surface area contributed by atoms with E-state index in [4.69, 9.17) is 4.74 Å². The third-order valence-corrected chi connectivity index (χ3v) is 2.94. The predicted octanol–water partition coefficient (Wildman–Crippen LogP) is 0.215. The highest BCUT2D eigenvalue weighted by Gasteiger charge is 2.11. The molecule has 0 aromatic rings. The van der Waals surface area contributed by atoms with Gasteiger partial charge in [0.15, 0.2) is 0 Å². The Morgan fingerprint density at radius 3 is 3.06 bits per heavy atom. The molecule has 1 rings (SSSR count). The quantitative estimate of drug-likeness (QED) is 0.611. The van der Waals surface area contributed by atoms with Gasteiger partial charge in [0.25, 0.3) is 0 Å². The van der Waals surface area contributed by atoms with Crippen LogP contribution in [0.25, 0.3) is 0 Å². The molecule has 0 unspecified atom stereocenters. The van der Waals surface area contributed by atoms with Gasteiger partial charge in [0.1, 0.15) is 0 Å². The first-order valence-electron chi connectivity index (χ1n) is 7.10. The molecular formula is C13H27N3O2. The van der Waals surface area contributed by atoms with Gasteiger partial charge in [-0.15, -0.1) is 0 Å². The SMILES string of the molecule is CCCOCCCNC(=O)CN1CCCNCC1. The van der Waals surface area contributed by atoms with E-state index in [1.54, 1.807) is 0 Å². The van der Waals surface area contributed by atoms with Crippen LogP contribution in [0.5, 0.6) is 0 Å². The van der Waals surface area contributed by atoms with Crippen LogP contribution in [-0.4, -0.2) is 63.3 Å². The van der Waals surface area contributed by atoms with Gasteiger partial charge < -0.3 is 15.4 Å². The number of nitrogens with zero attached hydrogens (tertiary/aromatic N) is 1. The highest BCUT2D eigenvalue weighted by molar-refractivity contribution is 5.77. The Bertz CT molecular complexity index is 216. The van der Waals surface area contributed by atoms with E-state index in [2.05, 4.69) is 22.5 Å². The summed E-state index contributed by atoms with van der Waals surface area (Å²) in [6.45, 7) is 8.92. The van der Waals surface area contributed by atoms with Crippen LogP contribution >= 0.6 is 0 Å². The average Bonchev–Trinajstić information content (AvgIpc) is 2.62. The number of rotatable bonds is 8. The monoisotopic (exact) mass is 257 g/mol. The fourth-order valence-corrected chi connectivity index (χ4v) is 1.97. The zero-order valence-corrected chi connectivity index (χ0v) is 11.5. The van der Waals surface area contributed by atoms with Crippen molar-refractivity contribution < 1.29 is 9.53 Å². The number of carbonyl (C=O) groups excluding carboxylic acids is 1. The number of carbonyl (C=O) groups is 1. The molecule has 0 aliphatic carbocycles. The third-order valence-electron chi connectivity index (χ3n) is 2.94. The Kier molecular flexibility index (Phi) is 8.81. The average molecular weight is 257 g/mol. The first-order valence-corrected chi connectivity index (χ1v) is 7.10. The summed E-state index contributed by atoms with van der Waals surface area (Å²) in [7, 11) is 0.